The number of esters is 1. The molecule has 0 amide bonds. The lowest BCUT2D eigenvalue weighted by molar-refractivity contribution is -0.177. The van der Waals surface area contributed by atoms with Gasteiger partial charge in [0.25, 0.3) is 0 Å². The van der Waals surface area contributed by atoms with Crippen molar-refractivity contribution in [1.82, 2.24) is 4.72 Å². The van der Waals surface area contributed by atoms with E-state index in [0.29, 0.717) is 5.56 Å². The molecule has 0 unspecified atom stereocenters. The minimum Gasteiger partial charge on any atom is -0.469 e. The molecule has 0 aliphatic heterocycles. The van der Waals surface area contributed by atoms with Crippen LogP contribution in [0.25, 0.3) is 0 Å². The van der Waals surface area contributed by atoms with Crippen molar-refractivity contribution in [2.24, 2.45) is 5.92 Å². The molecule has 2 atom stereocenters. The van der Waals surface area contributed by atoms with Crippen LogP contribution in [0.5, 0.6) is 0 Å². The van der Waals surface area contributed by atoms with Crippen molar-refractivity contribution in [3.05, 3.63) is 65.7 Å². The summed E-state index contributed by atoms with van der Waals surface area (Å²) in [6.45, 7) is 1.72. The smallest absolute Gasteiger partial charge is 0.405 e. The van der Waals surface area contributed by atoms with Crippen LogP contribution in [0.3, 0.4) is 0 Å². The number of carbonyl (C=O) groups excluding carboxylic acids is 1. The highest BCUT2D eigenvalue weighted by atomic mass is 32.2. The molecule has 2 aromatic carbocycles. The van der Waals surface area contributed by atoms with Gasteiger partial charge < -0.3 is 4.74 Å². The van der Waals surface area contributed by atoms with Crippen molar-refractivity contribution in [2.75, 3.05) is 7.11 Å². The monoisotopic (exact) mass is 415 g/mol. The van der Waals surface area contributed by atoms with Crippen molar-refractivity contribution in [1.29, 1.82) is 0 Å². The topological polar surface area (TPSA) is 72.5 Å². The van der Waals surface area contributed by atoms with Gasteiger partial charge in [0.2, 0.25) is 10.0 Å². The van der Waals surface area contributed by atoms with Gasteiger partial charge in [-0.3, -0.25) is 4.79 Å². The highest BCUT2D eigenvalue weighted by Crippen LogP contribution is 2.30. The molecular formula is C19H20F3NO4S. The molecule has 0 fully saturated rings. The second kappa shape index (κ2) is 8.74. The molecule has 0 heterocycles. The van der Waals surface area contributed by atoms with Crippen LogP contribution in [0.4, 0.5) is 13.2 Å². The van der Waals surface area contributed by atoms with Gasteiger partial charge in [-0.25, -0.2) is 8.42 Å². The maximum Gasteiger partial charge on any atom is 0.405 e. The Hall–Kier alpha value is -2.39. The Labute approximate surface area is 161 Å². The Bertz CT molecular complexity index is 897. The summed E-state index contributed by atoms with van der Waals surface area (Å²) in [5, 5.41) is 0. The number of aryl methyl sites for hydroxylation is 1. The van der Waals surface area contributed by atoms with Gasteiger partial charge in [0, 0.05) is 0 Å². The molecule has 0 saturated heterocycles. The fourth-order valence-electron chi connectivity index (χ4n) is 2.69. The molecule has 0 aromatic heterocycles. The average Bonchev–Trinajstić information content (AvgIpc) is 2.64. The molecule has 0 saturated carbocycles. The summed E-state index contributed by atoms with van der Waals surface area (Å²) in [5.41, 5.74) is 1.20. The van der Waals surface area contributed by atoms with Gasteiger partial charge in [0.1, 0.15) is 6.04 Å². The third-order valence-corrected chi connectivity index (χ3v) is 5.63. The van der Waals surface area contributed by atoms with Crippen molar-refractivity contribution in [3.63, 3.8) is 0 Å². The summed E-state index contributed by atoms with van der Waals surface area (Å²) in [7, 11) is -3.56. The summed E-state index contributed by atoms with van der Waals surface area (Å²) >= 11 is 0. The predicted molar refractivity (Wildman–Crippen MR) is 97.0 cm³/mol. The van der Waals surface area contributed by atoms with E-state index in [1.165, 1.54) is 24.3 Å². The first-order valence-electron chi connectivity index (χ1n) is 8.32. The molecular weight excluding hydrogens is 395 g/mol. The van der Waals surface area contributed by atoms with E-state index in [2.05, 4.69) is 4.74 Å². The highest BCUT2D eigenvalue weighted by Gasteiger charge is 2.50. The maximum absolute atomic E-state index is 13.7. The normalized spacial score (nSPS) is 14.3. The summed E-state index contributed by atoms with van der Waals surface area (Å²) in [4.78, 5) is 11.8. The van der Waals surface area contributed by atoms with Gasteiger partial charge in [-0.1, -0.05) is 48.0 Å². The average molecular weight is 415 g/mol. The number of benzene rings is 2. The summed E-state index contributed by atoms with van der Waals surface area (Å²) in [6.07, 6.45) is -5.35. The van der Waals surface area contributed by atoms with Gasteiger partial charge in [-0.2, -0.15) is 17.9 Å². The van der Waals surface area contributed by atoms with Crippen LogP contribution in [0.1, 0.15) is 11.1 Å². The minimum atomic E-state index is -5.01. The van der Waals surface area contributed by atoms with Crippen LogP contribution < -0.4 is 4.72 Å². The van der Waals surface area contributed by atoms with E-state index in [1.807, 2.05) is 0 Å². The number of sulfonamides is 1. The number of ether oxygens (including phenoxy) is 1. The number of carbonyl (C=O) groups is 1. The van der Waals surface area contributed by atoms with Gasteiger partial charge in [0.15, 0.2) is 0 Å². The summed E-state index contributed by atoms with van der Waals surface area (Å²) < 4.78 is 72.4. The van der Waals surface area contributed by atoms with Crippen molar-refractivity contribution < 1.29 is 31.1 Å². The largest absolute Gasteiger partial charge is 0.469 e. The fourth-order valence-corrected chi connectivity index (χ4v) is 3.95. The van der Waals surface area contributed by atoms with E-state index < -0.39 is 34.1 Å². The lowest BCUT2D eigenvalue weighted by Gasteiger charge is -2.28. The molecule has 1 N–H and O–H groups in total. The van der Waals surface area contributed by atoms with Crippen LogP contribution >= 0.6 is 0 Å². The molecule has 28 heavy (non-hydrogen) atoms. The fraction of sp³-hybridized carbons (Fsp3) is 0.316. The third kappa shape index (κ3) is 5.56. The Kier molecular flexibility index (Phi) is 6.84. The van der Waals surface area contributed by atoms with E-state index in [-0.39, 0.29) is 11.3 Å². The van der Waals surface area contributed by atoms with Crippen LogP contribution in [0.15, 0.2) is 59.5 Å². The lowest BCUT2D eigenvalue weighted by atomic mass is 9.92. The second-order valence-electron chi connectivity index (χ2n) is 6.27. The van der Waals surface area contributed by atoms with E-state index in [9.17, 15) is 26.4 Å². The zero-order valence-electron chi connectivity index (χ0n) is 15.2. The minimum absolute atomic E-state index is 0.323. The molecule has 0 radical (unpaired) electrons. The van der Waals surface area contributed by atoms with E-state index in [4.69, 9.17) is 0 Å². The molecule has 9 heteroatoms. The zero-order valence-corrected chi connectivity index (χ0v) is 16.0. The third-order valence-electron chi connectivity index (χ3n) is 4.17. The SMILES string of the molecule is COC(=O)[C@H](Cc1ccccc1)[C@H](NS(=O)(=O)c1ccc(C)cc1)C(F)(F)F. The van der Waals surface area contributed by atoms with E-state index in [0.717, 1.165) is 12.7 Å². The Balaban J connectivity index is 2.41. The van der Waals surface area contributed by atoms with Crippen molar-refractivity contribution >= 4 is 16.0 Å². The first kappa shape index (κ1) is 21.9. The molecule has 5 nitrogen and oxygen atoms in total. The molecule has 0 aliphatic carbocycles. The van der Waals surface area contributed by atoms with Gasteiger partial charge >= 0.3 is 12.1 Å². The number of methoxy groups -OCH3 is 1. The molecule has 152 valence electrons. The number of alkyl halides is 3. The molecule has 0 aliphatic rings. The zero-order chi connectivity index (χ0) is 20.9. The van der Waals surface area contributed by atoms with E-state index in [1.54, 1.807) is 42.0 Å². The Morgan fingerprint density at radius 3 is 2.14 bits per heavy atom. The van der Waals surface area contributed by atoms with Gasteiger partial charge in [0.05, 0.1) is 17.9 Å². The number of nitrogens with one attached hydrogen (secondary N) is 1. The van der Waals surface area contributed by atoms with Crippen LogP contribution in [-0.2, 0) is 26.0 Å². The van der Waals surface area contributed by atoms with Crippen molar-refractivity contribution in [3.8, 4) is 0 Å². The maximum atomic E-state index is 13.7. The number of hydrogen-bond acceptors (Lipinski definition) is 4. The Morgan fingerprint density at radius 2 is 1.64 bits per heavy atom. The number of halogens is 3. The van der Waals surface area contributed by atoms with Crippen LogP contribution in [-0.4, -0.2) is 33.7 Å². The second-order valence-corrected chi connectivity index (χ2v) is 7.99. The summed E-state index contributed by atoms with van der Waals surface area (Å²) in [5.74, 6) is -2.94. The van der Waals surface area contributed by atoms with E-state index >= 15 is 0 Å². The number of hydrogen-bond donors (Lipinski definition) is 1. The van der Waals surface area contributed by atoms with Gasteiger partial charge in [-0.05, 0) is 31.0 Å². The standard InChI is InChI=1S/C19H20F3NO4S/c1-13-8-10-15(11-9-13)28(25,26)23-17(19(20,21)22)16(18(24)27-2)12-14-6-4-3-5-7-14/h3-11,16-17,23H,12H2,1-2H3/t16-,17+/m1/s1. The number of rotatable bonds is 7. The molecule has 2 rings (SSSR count). The van der Waals surface area contributed by atoms with Crippen molar-refractivity contribution in [2.45, 2.75) is 30.5 Å². The predicted octanol–water partition coefficient (Wildman–Crippen LogP) is 3.24. The first-order chi connectivity index (χ1) is 13.0. The molecule has 0 spiro atoms. The quantitative estimate of drug-likeness (QED) is 0.705. The Morgan fingerprint density at radius 1 is 1.07 bits per heavy atom. The highest BCUT2D eigenvalue weighted by molar-refractivity contribution is 7.89. The molecule has 2 aromatic rings. The van der Waals surface area contributed by atoms with Crippen LogP contribution in [0, 0.1) is 12.8 Å². The lowest BCUT2D eigenvalue weighted by Crippen LogP contribution is -2.53. The first-order valence-corrected chi connectivity index (χ1v) is 9.80. The van der Waals surface area contributed by atoms with Crippen LogP contribution in [0.2, 0.25) is 0 Å². The van der Waals surface area contributed by atoms with Gasteiger partial charge in [-0.15, -0.1) is 0 Å². The summed E-state index contributed by atoms with van der Waals surface area (Å²) in [6, 6.07) is 10.7. The molecule has 0 bridgehead atoms.